The van der Waals surface area contributed by atoms with Crippen molar-refractivity contribution in [2.45, 2.75) is 72.6 Å². The Morgan fingerprint density at radius 1 is 0.923 bits per heavy atom. The average molecular weight is 466 g/mol. The van der Waals surface area contributed by atoms with Crippen molar-refractivity contribution < 1.29 is 9.47 Å². The summed E-state index contributed by atoms with van der Waals surface area (Å²) < 4.78 is 17.5. The molecule has 0 radical (unpaired) electrons. The molecule has 1 aromatic carbocycles. The minimum absolute atomic E-state index is 0.705. The molecule has 1 heterocycles. The second-order valence-electron chi connectivity index (χ2n) is 7.66. The molecule has 0 atom stereocenters. The fourth-order valence-electron chi connectivity index (χ4n) is 3.69. The Morgan fingerprint density at radius 3 is 1.96 bits per heavy atom. The molecule has 0 aliphatic carbocycles. The van der Waals surface area contributed by atoms with Gasteiger partial charge in [-0.2, -0.15) is 0 Å². The first kappa shape index (κ1) is 21.6. The van der Waals surface area contributed by atoms with E-state index in [9.17, 15) is 0 Å². The van der Waals surface area contributed by atoms with Gasteiger partial charge in [0.15, 0.2) is 0 Å². The van der Waals surface area contributed by atoms with Crippen molar-refractivity contribution in [2.75, 3.05) is 17.8 Å². The molecule has 0 aromatic heterocycles. The SMILES string of the molecule is CCC[CH2][Sn]([CH2]CCC)([CH2]CCC)[CH2]Oc1ccc(C2=NCCO2)cc1. The molecule has 0 saturated carbocycles. The van der Waals surface area contributed by atoms with Gasteiger partial charge in [0.2, 0.25) is 0 Å². The molecule has 0 fully saturated rings. The Hall–Kier alpha value is -0.711. The van der Waals surface area contributed by atoms with E-state index < -0.39 is 18.4 Å². The second kappa shape index (κ2) is 11.9. The molecule has 146 valence electrons. The van der Waals surface area contributed by atoms with Crippen LogP contribution in [0.15, 0.2) is 29.3 Å². The molecule has 0 amide bonds. The summed E-state index contributed by atoms with van der Waals surface area (Å²) in [6, 6.07) is 8.35. The molecule has 0 saturated heterocycles. The predicted molar refractivity (Wildman–Crippen MR) is 114 cm³/mol. The van der Waals surface area contributed by atoms with Crippen LogP contribution in [0, 0.1) is 0 Å². The summed E-state index contributed by atoms with van der Waals surface area (Å²) in [5, 5.41) is 0. The predicted octanol–water partition coefficient (Wildman–Crippen LogP) is 6.23. The number of nitrogens with zero attached hydrogens (tertiary/aromatic N) is 1. The van der Waals surface area contributed by atoms with Crippen molar-refractivity contribution in [1.82, 2.24) is 0 Å². The zero-order valence-electron chi connectivity index (χ0n) is 17.1. The van der Waals surface area contributed by atoms with E-state index in [-0.39, 0.29) is 0 Å². The van der Waals surface area contributed by atoms with E-state index in [1.165, 1.54) is 51.8 Å². The Kier molecular flexibility index (Phi) is 9.87. The van der Waals surface area contributed by atoms with Crippen molar-refractivity contribution >= 4 is 24.3 Å². The van der Waals surface area contributed by atoms with Crippen LogP contribution in [-0.4, -0.2) is 42.0 Å². The van der Waals surface area contributed by atoms with E-state index in [4.69, 9.17) is 9.47 Å². The minimum atomic E-state index is -2.21. The molecule has 0 spiro atoms. The number of unbranched alkanes of at least 4 members (excludes halogenated alkanes) is 3. The third-order valence-corrected chi connectivity index (χ3v) is 19.7. The van der Waals surface area contributed by atoms with E-state index in [0.717, 1.165) is 28.4 Å². The van der Waals surface area contributed by atoms with Gasteiger partial charge in [0, 0.05) is 0 Å². The number of hydrogen-bond acceptors (Lipinski definition) is 3. The molecule has 3 nitrogen and oxygen atoms in total. The molecule has 1 aliphatic rings. The van der Waals surface area contributed by atoms with E-state index >= 15 is 0 Å². The summed E-state index contributed by atoms with van der Waals surface area (Å²) in [7, 11) is 0. The van der Waals surface area contributed by atoms with Crippen LogP contribution in [0.3, 0.4) is 0 Å². The van der Waals surface area contributed by atoms with Crippen molar-refractivity contribution in [3.63, 3.8) is 0 Å². The summed E-state index contributed by atoms with van der Waals surface area (Å²) >= 11 is -2.21. The third kappa shape index (κ3) is 6.79. The van der Waals surface area contributed by atoms with Gasteiger partial charge in [0.25, 0.3) is 0 Å². The molecular formula is C22H37NO2Sn. The van der Waals surface area contributed by atoms with Crippen molar-refractivity contribution in [2.24, 2.45) is 4.99 Å². The van der Waals surface area contributed by atoms with Crippen LogP contribution in [0.25, 0.3) is 0 Å². The summed E-state index contributed by atoms with van der Waals surface area (Å²) in [6.45, 7) is 8.45. The molecule has 1 aliphatic heterocycles. The number of benzene rings is 1. The first-order chi connectivity index (χ1) is 12.7. The van der Waals surface area contributed by atoms with Gasteiger partial charge in [-0.15, -0.1) is 0 Å². The van der Waals surface area contributed by atoms with Crippen LogP contribution >= 0.6 is 0 Å². The standard InChI is InChI=1S/C10H10NO2.3C4H9.Sn/c1-12-9-4-2-8(3-5-9)10-11-6-7-13-10;3*1-3-4-2;/h2-5H,1,6-7H2;3*1,3-4H2,2H3;. The molecule has 0 N–H and O–H groups in total. The topological polar surface area (TPSA) is 30.8 Å². The Labute approximate surface area is 164 Å². The number of ether oxygens (including phenoxy) is 2. The van der Waals surface area contributed by atoms with Gasteiger partial charge < -0.3 is 0 Å². The maximum atomic E-state index is 6.39. The van der Waals surface area contributed by atoms with E-state index in [2.05, 4.69) is 50.0 Å². The van der Waals surface area contributed by atoms with Crippen LogP contribution in [-0.2, 0) is 4.74 Å². The van der Waals surface area contributed by atoms with E-state index in [0.29, 0.717) is 6.61 Å². The third-order valence-electron chi connectivity index (χ3n) is 5.41. The molecule has 0 unspecified atom stereocenters. The number of rotatable bonds is 13. The zero-order valence-corrected chi connectivity index (χ0v) is 19.9. The van der Waals surface area contributed by atoms with E-state index in [1.807, 2.05) is 0 Å². The van der Waals surface area contributed by atoms with Crippen molar-refractivity contribution in [3.05, 3.63) is 29.8 Å². The van der Waals surface area contributed by atoms with Crippen LogP contribution in [0.2, 0.25) is 13.3 Å². The van der Waals surface area contributed by atoms with Crippen LogP contribution in [0.5, 0.6) is 5.75 Å². The Morgan fingerprint density at radius 2 is 1.50 bits per heavy atom. The first-order valence-corrected chi connectivity index (χ1v) is 18.7. The second-order valence-corrected chi connectivity index (χ2v) is 21.3. The Balaban J connectivity index is 2.00. The van der Waals surface area contributed by atoms with Crippen molar-refractivity contribution in [1.29, 1.82) is 0 Å². The van der Waals surface area contributed by atoms with Crippen LogP contribution < -0.4 is 4.74 Å². The summed E-state index contributed by atoms with van der Waals surface area (Å²) in [5.74, 6) is 1.79. The van der Waals surface area contributed by atoms with E-state index in [1.54, 1.807) is 0 Å². The van der Waals surface area contributed by atoms with Gasteiger partial charge in [0.1, 0.15) is 0 Å². The molecular weight excluding hydrogens is 429 g/mol. The fraction of sp³-hybridized carbons (Fsp3) is 0.682. The number of hydrogen-bond donors (Lipinski definition) is 0. The maximum absolute atomic E-state index is 6.39. The summed E-state index contributed by atoms with van der Waals surface area (Å²) in [5.41, 5.74) is 1.06. The first-order valence-electron chi connectivity index (χ1n) is 10.6. The number of aliphatic imine (C=N–C) groups is 1. The van der Waals surface area contributed by atoms with Crippen molar-refractivity contribution in [3.8, 4) is 5.75 Å². The molecule has 0 bridgehead atoms. The summed E-state index contributed by atoms with van der Waals surface area (Å²) in [4.78, 5) is 4.39. The normalized spacial score (nSPS) is 14.2. The molecule has 1 aromatic rings. The average Bonchev–Trinajstić information content (AvgIpc) is 3.22. The van der Waals surface area contributed by atoms with Gasteiger partial charge in [-0.25, -0.2) is 0 Å². The van der Waals surface area contributed by atoms with Gasteiger partial charge in [0.05, 0.1) is 0 Å². The van der Waals surface area contributed by atoms with Crippen LogP contribution in [0.1, 0.15) is 64.9 Å². The zero-order chi connectivity index (χ0) is 18.7. The van der Waals surface area contributed by atoms with Crippen LogP contribution in [0.4, 0.5) is 0 Å². The monoisotopic (exact) mass is 467 g/mol. The molecule has 2 rings (SSSR count). The van der Waals surface area contributed by atoms with Gasteiger partial charge >= 0.3 is 165 Å². The molecule has 26 heavy (non-hydrogen) atoms. The fourth-order valence-corrected chi connectivity index (χ4v) is 17.9. The Bertz CT molecular complexity index is 520. The van der Waals surface area contributed by atoms with Gasteiger partial charge in [-0.05, 0) is 0 Å². The summed E-state index contributed by atoms with van der Waals surface area (Å²) in [6.07, 6.45) is 8.12. The quantitative estimate of drug-likeness (QED) is 0.323. The van der Waals surface area contributed by atoms with Gasteiger partial charge in [-0.1, -0.05) is 0 Å². The van der Waals surface area contributed by atoms with Gasteiger partial charge in [-0.3, -0.25) is 0 Å². The molecule has 4 heteroatoms.